The first-order valence-corrected chi connectivity index (χ1v) is 7.79. The van der Waals surface area contributed by atoms with Gasteiger partial charge in [-0.1, -0.05) is 25.1 Å². The summed E-state index contributed by atoms with van der Waals surface area (Å²) in [7, 11) is 3.76. The van der Waals surface area contributed by atoms with Crippen LogP contribution >= 0.6 is 0 Å². The van der Waals surface area contributed by atoms with Gasteiger partial charge in [-0.2, -0.15) is 0 Å². The Labute approximate surface area is 129 Å². The van der Waals surface area contributed by atoms with Crippen LogP contribution in [0.25, 0.3) is 0 Å². The first-order chi connectivity index (χ1) is 10.2. The Balaban J connectivity index is 2.86. The Kier molecular flexibility index (Phi) is 8.35. The Morgan fingerprint density at radius 1 is 1.24 bits per heavy atom. The van der Waals surface area contributed by atoms with Gasteiger partial charge < -0.3 is 14.8 Å². The third-order valence-corrected chi connectivity index (χ3v) is 3.80. The predicted octanol–water partition coefficient (Wildman–Crippen LogP) is 2.70. The van der Waals surface area contributed by atoms with E-state index in [9.17, 15) is 0 Å². The van der Waals surface area contributed by atoms with Crippen LogP contribution in [0.5, 0.6) is 5.75 Å². The van der Waals surface area contributed by atoms with Crippen LogP contribution in [0.4, 0.5) is 0 Å². The Morgan fingerprint density at radius 2 is 1.95 bits per heavy atom. The second-order valence-corrected chi connectivity index (χ2v) is 5.20. The number of rotatable bonds is 10. The number of para-hydroxylation sites is 1. The van der Waals surface area contributed by atoms with E-state index in [1.165, 1.54) is 5.56 Å². The standard InChI is InChI=1S/C17H30N2O2/c1-6-19(14(3)13-20-5)12-16(18-4)15-10-8-9-11-17(15)21-7-2/h8-11,14,16,18H,6-7,12-13H2,1-5H3. The van der Waals surface area contributed by atoms with Gasteiger partial charge in [-0.15, -0.1) is 0 Å². The van der Waals surface area contributed by atoms with Crippen LogP contribution in [0.15, 0.2) is 24.3 Å². The van der Waals surface area contributed by atoms with Crippen LogP contribution in [0, 0.1) is 0 Å². The molecular weight excluding hydrogens is 264 g/mol. The molecule has 0 aliphatic heterocycles. The van der Waals surface area contributed by atoms with Gasteiger partial charge in [0, 0.05) is 31.3 Å². The molecule has 21 heavy (non-hydrogen) atoms. The lowest BCUT2D eigenvalue weighted by Crippen LogP contribution is -2.41. The quantitative estimate of drug-likeness (QED) is 0.719. The topological polar surface area (TPSA) is 33.7 Å². The summed E-state index contributed by atoms with van der Waals surface area (Å²) >= 11 is 0. The highest BCUT2D eigenvalue weighted by Gasteiger charge is 2.20. The summed E-state index contributed by atoms with van der Waals surface area (Å²) in [6.07, 6.45) is 0. The number of benzene rings is 1. The average molecular weight is 294 g/mol. The number of likely N-dealkylation sites (N-methyl/N-ethyl adjacent to an activating group) is 2. The van der Waals surface area contributed by atoms with Crippen molar-refractivity contribution in [1.82, 2.24) is 10.2 Å². The fourth-order valence-corrected chi connectivity index (χ4v) is 2.60. The molecule has 4 heteroatoms. The largest absolute Gasteiger partial charge is 0.494 e. The predicted molar refractivity (Wildman–Crippen MR) is 88.0 cm³/mol. The van der Waals surface area contributed by atoms with Gasteiger partial charge in [0.1, 0.15) is 5.75 Å². The number of nitrogens with one attached hydrogen (secondary N) is 1. The van der Waals surface area contributed by atoms with Gasteiger partial charge in [0.15, 0.2) is 0 Å². The summed E-state index contributed by atoms with van der Waals surface area (Å²) in [5.74, 6) is 0.967. The molecule has 2 unspecified atom stereocenters. The molecule has 0 aliphatic rings. The summed E-state index contributed by atoms with van der Waals surface area (Å²) in [6.45, 7) is 9.77. The van der Waals surface area contributed by atoms with Gasteiger partial charge in [-0.25, -0.2) is 0 Å². The van der Waals surface area contributed by atoms with E-state index in [0.717, 1.165) is 25.4 Å². The molecule has 0 saturated carbocycles. The second-order valence-electron chi connectivity index (χ2n) is 5.20. The molecule has 0 saturated heterocycles. The first-order valence-electron chi connectivity index (χ1n) is 7.79. The van der Waals surface area contributed by atoms with E-state index in [0.29, 0.717) is 12.6 Å². The third kappa shape index (κ3) is 5.30. The average Bonchev–Trinajstić information content (AvgIpc) is 2.50. The molecule has 0 amide bonds. The van der Waals surface area contributed by atoms with Crippen LogP contribution in [0.1, 0.15) is 32.4 Å². The Hall–Kier alpha value is -1.10. The zero-order valence-corrected chi connectivity index (χ0v) is 14.1. The van der Waals surface area contributed by atoms with Gasteiger partial charge in [-0.3, -0.25) is 4.90 Å². The van der Waals surface area contributed by atoms with E-state index in [1.807, 2.05) is 26.1 Å². The van der Waals surface area contributed by atoms with E-state index in [2.05, 4.69) is 36.2 Å². The molecule has 0 bridgehead atoms. The molecule has 0 radical (unpaired) electrons. The van der Waals surface area contributed by atoms with E-state index in [4.69, 9.17) is 9.47 Å². The number of nitrogens with zero attached hydrogens (tertiary/aromatic N) is 1. The van der Waals surface area contributed by atoms with Gasteiger partial charge >= 0.3 is 0 Å². The highest BCUT2D eigenvalue weighted by Crippen LogP contribution is 2.26. The van der Waals surface area contributed by atoms with E-state index in [-0.39, 0.29) is 6.04 Å². The molecule has 1 N–H and O–H groups in total. The van der Waals surface area contributed by atoms with Crippen LogP contribution in [0.2, 0.25) is 0 Å². The lowest BCUT2D eigenvalue weighted by molar-refractivity contribution is 0.0960. The number of ether oxygens (including phenoxy) is 2. The van der Waals surface area contributed by atoms with Crippen molar-refractivity contribution in [1.29, 1.82) is 0 Å². The summed E-state index contributed by atoms with van der Waals surface area (Å²) in [4.78, 5) is 2.42. The monoisotopic (exact) mass is 294 g/mol. The minimum absolute atomic E-state index is 0.243. The summed E-state index contributed by atoms with van der Waals surface area (Å²) in [5.41, 5.74) is 1.21. The third-order valence-electron chi connectivity index (χ3n) is 3.80. The van der Waals surface area contributed by atoms with Gasteiger partial charge in [-0.05, 0) is 33.5 Å². The maximum atomic E-state index is 5.76. The fourth-order valence-electron chi connectivity index (χ4n) is 2.60. The molecule has 120 valence electrons. The lowest BCUT2D eigenvalue weighted by atomic mass is 10.0. The van der Waals surface area contributed by atoms with Crippen LogP contribution < -0.4 is 10.1 Å². The first kappa shape index (κ1) is 18.0. The SMILES string of the molecule is CCOc1ccccc1C(CN(CC)C(C)COC)NC. The molecule has 1 rings (SSSR count). The van der Waals surface area contributed by atoms with Crippen molar-refractivity contribution in [2.75, 3.05) is 40.5 Å². The molecule has 1 aromatic rings. The van der Waals surface area contributed by atoms with E-state index in [1.54, 1.807) is 7.11 Å². The van der Waals surface area contributed by atoms with Crippen LogP contribution in [-0.4, -0.2) is 51.4 Å². The molecule has 0 spiro atoms. The van der Waals surface area contributed by atoms with Gasteiger partial charge in [0.2, 0.25) is 0 Å². The van der Waals surface area contributed by atoms with Crippen LogP contribution in [-0.2, 0) is 4.74 Å². The minimum Gasteiger partial charge on any atom is -0.494 e. The Bertz CT molecular complexity index is 398. The van der Waals surface area contributed by atoms with E-state index >= 15 is 0 Å². The van der Waals surface area contributed by atoms with Crippen molar-refractivity contribution in [3.63, 3.8) is 0 Å². The van der Waals surface area contributed by atoms with Crippen molar-refractivity contribution in [2.45, 2.75) is 32.9 Å². The second kappa shape index (κ2) is 9.77. The van der Waals surface area contributed by atoms with Crippen molar-refractivity contribution in [3.05, 3.63) is 29.8 Å². The lowest BCUT2D eigenvalue weighted by Gasteiger charge is -2.31. The highest BCUT2D eigenvalue weighted by atomic mass is 16.5. The zero-order chi connectivity index (χ0) is 15.7. The van der Waals surface area contributed by atoms with Crippen LogP contribution in [0.3, 0.4) is 0 Å². The minimum atomic E-state index is 0.243. The molecular formula is C17H30N2O2. The Morgan fingerprint density at radius 3 is 2.52 bits per heavy atom. The number of hydrogen-bond donors (Lipinski definition) is 1. The van der Waals surface area contributed by atoms with E-state index < -0.39 is 0 Å². The van der Waals surface area contributed by atoms with Gasteiger partial charge in [0.25, 0.3) is 0 Å². The smallest absolute Gasteiger partial charge is 0.124 e. The van der Waals surface area contributed by atoms with Crippen molar-refractivity contribution >= 4 is 0 Å². The van der Waals surface area contributed by atoms with Crippen molar-refractivity contribution < 1.29 is 9.47 Å². The maximum absolute atomic E-state index is 5.76. The molecule has 0 aliphatic carbocycles. The molecule has 4 nitrogen and oxygen atoms in total. The molecule has 2 atom stereocenters. The van der Waals surface area contributed by atoms with Crippen molar-refractivity contribution in [2.24, 2.45) is 0 Å². The fraction of sp³-hybridized carbons (Fsp3) is 0.647. The number of methoxy groups -OCH3 is 1. The van der Waals surface area contributed by atoms with Crippen molar-refractivity contribution in [3.8, 4) is 5.75 Å². The summed E-state index contributed by atoms with van der Waals surface area (Å²) < 4.78 is 11.0. The maximum Gasteiger partial charge on any atom is 0.124 e. The molecule has 1 aromatic carbocycles. The molecule has 0 heterocycles. The number of hydrogen-bond acceptors (Lipinski definition) is 4. The summed E-state index contributed by atoms with van der Waals surface area (Å²) in [5, 5.41) is 3.42. The zero-order valence-electron chi connectivity index (χ0n) is 14.1. The highest BCUT2D eigenvalue weighted by molar-refractivity contribution is 5.36. The van der Waals surface area contributed by atoms with Gasteiger partial charge in [0.05, 0.1) is 13.2 Å². The summed E-state index contributed by atoms with van der Waals surface area (Å²) in [6, 6.07) is 8.91. The molecule has 0 fully saturated rings. The molecule has 0 aromatic heterocycles. The normalized spacial score (nSPS) is 14.2.